The van der Waals surface area contributed by atoms with E-state index in [1.54, 1.807) is 19.2 Å². The van der Waals surface area contributed by atoms with Gasteiger partial charge in [-0.25, -0.2) is 22.9 Å². The Labute approximate surface area is 265 Å². The van der Waals surface area contributed by atoms with Gasteiger partial charge < -0.3 is 20.5 Å². The third-order valence-electron chi connectivity index (χ3n) is 7.59. The van der Waals surface area contributed by atoms with Crippen LogP contribution in [0, 0.1) is 18.8 Å². The van der Waals surface area contributed by atoms with Crippen LogP contribution >= 0.6 is 0 Å². The SMILES string of the molecule is COc1cccc(Nc2nc(NCC3CCC(CNS(=O)(=O)c4ccc(C)cc4)CC3)nc3ccccc23)c1.O=C(O)C(F)(F)F. The first-order valence-corrected chi connectivity index (χ1v) is 16.1. The lowest BCUT2D eigenvalue weighted by molar-refractivity contribution is -0.192. The number of sulfonamides is 1. The molecule has 0 atom stereocenters. The van der Waals surface area contributed by atoms with Crippen molar-refractivity contribution < 1.29 is 36.2 Å². The van der Waals surface area contributed by atoms with Gasteiger partial charge in [0.25, 0.3) is 0 Å². The predicted molar refractivity (Wildman–Crippen MR) is 170 cm³/mol. The van der Waals surface area contributed by atoms with E-state index in [9.17, 15) is 21.6 Å². The van der Waals surface area contributed by atoms with E-state index in [1.165, 1.54) is 0 Å². The van der Waals surface area contributed by atoms with Crippen LogP contribution in [0.15, 0.2) is 77.7 Å². The van der Waals surface area contributed by atoms with Crippen LogP contribution in [0.3, 0.4) is 0 Å². The summed E-state index contributed by atoms with van der Waals surface area (Å²) >= 11 is 0. The Morgan fingerprint density at radius 3 is 2.20 bits per heavy atom. The lowest BCUT2D eigenvalue weighted by Crippen LogP contribution is -2.32. The lowest BCUT2D eigenvalue weighted by atomic mass is 9.82. The van der Waals surface area contributed by atoms with Gasteiger partial charge in [-0.3, -0.25) is 0 Å². The highest BCUT2D eigenvalue weighted by molar-refractivity contribution is 7.89. The molecule has 3 aromatic carbocycles. The summed E-state index contributed by atoms with van der Waals surface area (Å²) in [4.78, 5) is 18.7. The average molecular weight is 660 g/mol. The monoisotopic (exact) mass is 659 g/mol. The van der Waals surface area contributed by atoms with E-state index in [2.05, 4.69) is 15.4 Å². The number of para-hydroxylation sites is 1. The number of halogens is 3. The highest BCUT2D eigenvalue weighted by atomic mass is 32.2. The molecule has 1 saturated carbocycles. The van der Waals surface area contributed by atoms with E-state index in [0.717, 1.165) is 65.9 Å². The van der Waals surface area contributed by atoms with Gasteiger partial charge in [0.1, 0.15) is 11.6 Å². The maximum atomic E-state index is 12.6. The molecule has 1 aliphatic rings. The van der Waals surface area contributed by atoms with Gasteiger partial charge in [0.2, 0.25) is 16.0 Å². The van der Waals surface area contributed by atoms with E-state index in [0.29, 0.717) is 29.2 Å². The molecule has 0 spiro atoms. The normalized spacial score (nSPS) is 16.6. The van der Waals surface area contributed by atoms with Crippen molar-refractivity contribution in [2.24, 2.45) is 11.8 Å². The van der Waals surface area contributed by atoms with Crippen molar-refractivity contribution >= 4 is 44.3 Å². The van der Waals surface area contributed by atoms with E-state index in [1.807, 2.05) is 67.6 Å². The van der Waals surface area contributed by atoms with Crippen LogP contribution in [0.2, 0.25) is 0 Å². The van der Waals surface area contributed by atoms with Crippen LogP contribution in [-0.2, 0) is 14.8 Å². The van der Waals surface area contributed by atoms with Crippen molar-refractivity contribution in [3.8, 4) is 5.75 Å². The Kier molecular flexibility index (Phi) is 11.4. The number of fused-ring (bicyclic) bond motifs is 1. The van der Waals surface area contributed by atoms with Crippen LogP contribution in [0.4, 0.5) is 30.6 Å². The molecule has 0 aliphatic heterocycles. The third kappa shape index (κ3) is 9.78. The summed E-state index contributed by atoms with van der Waals surface area (Å²) in [5.74, 6) is 0.174. The van der Waals surface area contributed by atoms with Crippen LogP contribution < -0.4 is 20.1 Å². The number of hydrogen-bond donors (Lipinski definition) is 4. The van der Waals surface area contributed by atoms with Crippen molar-refractivity contribution in [2.75, 3.05) is 30.8 Å². The van der Waals surface area contributed by atoms with Gasteiger partial charge in [-0.2, -0.15) is 18.2 Å². The topological polar surface area (TPSA) is 143 Å². The second-order valence-electron chi connectivity index (χ2n) is 11.0. The molecule has 1 aromatic heterocycles. The zero-order valence-electron chi connectivity index (χ0n) is 25.3. The molecule has 1 fully saturated rings. The molecule has 246 valence electrons. The van der Waals surface area contributed by atoms with Crippen molar-refractivity contribution in [1.82, 2.24) is 14.7 Å². The van der Waals surface area contributed by atoms with E-state index < -0.39 is 22.2 Å². The summed E-state index contributed by atoms with van der Waals surface area (Å²) in [5.41, 5.74) is 2.80. The number of aromatic nitrogens is 2. The lowest BCUT2D eigenvalue weighted by Gasteiger charge is -2.28. The first kappa shape index (κ1) is 34.4. The summed E-state index contributed by atoms with van der Waals surface area (Å²) in [5, 5.41) is 14.9. The van der Waals surface area contributed by atoms with Gasteiger partial charge in [0.15, 0.2) is 0 Å². The number of nitrogens with zero attached hydrogens (tertiary/aromatic N) is 2. The van der Waals surface area contributed by atoms with Crippen molar-refractivity contribution in [1.29, 1.82) is 0 Å². The summed E-state index contributed by atoms with van der Waals surface area (Å²) < 4.78 is 65.2. The van der Waals surface area contributed by atoms with Gasteiger partial charge in [-0.1, -0.05) is 35.9 Å². The van der Waals surface area contributed by atoms with E-state index >= 15 is 0 Å². The summed E-state index contributed by atoms with van der Waals surface area (Å²) in [6, 6.07) is 22.7. The van der Waals surface area contributed by atoms with Crippen molar-refractivity contribution in [3.63, 3.8) is 0 Å². The number of carbonyl (C=O) groups is 1. The van der Waals surface area contributed by atoms with Gasteiger partial charge in [-0.05, 0) is 80.8 Å². The second-order valence-corrected chi connectivity index (χ2v) is 12.8. The maximum Gasteiger partial charge on any atom is 0.490 e. The Hall–Kier alpha value is -4.43. The highest BCUT2D eigenvalue weighted by Gasteiger charge is 2.38. The number of rotatable bonds is 10. The number of carboxylic acid groups (broad SMARTS) is 1. The predicted octanol–water partition coefficient (Wildman–Crippen LogP) is 6.52. The molecule has 0 bridgehead atoms. The minimum atomic E-state index is -5.08. The van der Waals surface area contributed by atoms with Crippen LogP contribution in [0.1, 0.15) is 31.2 Å². The number of methoxy groups -OCH3 is 1. The van der Waals surface area contributed by atoms with Gasteiger partial charge in [0, 0.05) is 30.2 Å². The molecule has 4 aromatic rings. The quantitative estimate of drug-likeness (QED) is 0.150. The van der Waals surface area contributed by atoms with Gasteiger partial charge in [0.05, 0.1) is 17.5 Å². The fourth-order valence-electron chi connectivity index (χ4n) is 4.99. The molecule has 0 amide bonds. The summed E-state index contributed by atoms with van der Waals surface area (Å²) in [6.45, 7) is 3.20. The number of hydrogen-bond acceptors (Lipinski definition) is 8. The molecule has 5 rings (SSSR count). The number of anilines is 3. The highest BCUT2D eigenvalue weighted by Crippen LogP contribution is 2.30. The maximum absolute atomic E-state index is 12.6. The number of nitrogens with one attached hydrogen (secondary N) is 3. The van der Waals surface area contributed by atoms with Gasteiger partial charge in [-0.15, -0.1) is 0 Å². The average Bonchev–Trinajstić information content (AvgIpc) is 3.03. The van der Waals surface area contributed by atoms with Gasteiger partial charge >= 0.3 is 12.1 Å². The zero-order valence-corrected chi connectivity index (χ0v) is 26.2. The Bertz CT molecular complexity index is 1730. The summed E-state index contributed by atoms with van der Waals surface area (Å²) in [6.07, 6.45) is -1.03. The third-order valence-corrected chi connectivity index (χ3v) is 9.03. The smallest absolute Gasteiger partial charge is 0.490 e. The molecule has 1 heterocycles. The molecule has 0 unspecified atom stereocenters. The van der Waals surface area contributed by atoms with Crippen LogP contribution in [0.25, 0.3) is 10.9 Å². The molecular weight excluding hydrogens is 623 g/mol. The minimum Gasteiger partial charge on any atom is -0.497 e. The number of aryl methyl sites for hydroxylation is 1. The largest absolute Gasteiger partial charge is 0.497 e. The van der Waals surface area contributed by atoms with Crippen LogP contribution in [0.5, 0.6) is 5.75 Å². The van der Waals surface area contributed by atoms with Crippen LogP contribution in [-0.4, -0.2) is 55.8 Å². The fourth-order valence-corrected chi connectivity index (χ4v) is 6.11. The Morgan fingerprint density at radius 2 is 1.57 bits per heavy atom. The molecule has 0 saturated heterocycles. The number of carboxylic acids is 1. The molecule has 0 radical (unpaired) electrons. The first-order valence-electron chi connectivity index (χ1n) is 14.6. The summed E-state index contributed by atoms with van der Waals surface area (Å²) in [7, 11) is -1.83. The number of alkyl halides is 3. The molecule has 4 N–H and O–H groups in total. The molecular formula is C32H36F3N5O5S. The molecule has 10 nitrogen and oxygen atoms in total. The number of ether oxygens (including phenoxy) is 1. The minimum absolute atomic E-state index is 0.321. The second kappa shape index (κ2) is 15.2. The first-order chi connectivity index (χ1) is 21.8. The fraction of sp³-hybridized carbons (Fsp3) is 0.344. The molecule has 46 heavy (non-hydrogen) atoms. The number of aliphatic carboxylic acids is 1. The van der Waals surface area contributed by atoms with E-state index in [-0.39, 0.29) is 0 Å². The Balaban J connectivity index is 0.000000617. The Morgan fingerprint density at radius 1 is 0.935 bits per heavy atom. The number of benzene rings is 3. The van der Waals surface area contributed by atoms with Crippen molar-refractivity contribution in [3.05, 3.63) is 78.4 Å². The zero-order chi connectivity index (χ0) is 33.3. The van der Waals surface area contributed by atoms with Crippen molar-refractivity contribution in [2.45, 2.75) is 43.7 Å². The standard InChI is InChI=1S/C30H35N5O3S.C2HF3O2/c1-21-10-16-26(17-11-21)39(36,37)32-20-23-14-12-22(13-15-23)19-31-30-34-28-9-4-3-8-27(28)29(35-30)33-24-6-5-7-25(18-24)38-2;3-2(4,5)1(6)7/h3-11,16-18,22-23,32H,12-15,19-20H2,1-2H3,(H2,31,33,34,35);(H,6,7). The molecule has 1 aliphatic carbocycles. The van der Waals surface area contributed by atoms with E-state index in [4.69, 9.17) is 24.6 Å². The molecule has 14 heteroatoms.